The molecule has 2 saturated heterocycles. The maximum absolute atomic E-state index is 13.6. The molecule has 2 atom stereocenters. The lowest BCUT2D eigenvalue weighted by Crippen LogP contribution is -2.53. The Morgan fingerprint density at radius 1 is 1.23 bits per heavy atom. The lowest BCUT2D eigenvalue weighted by atomic mass is 9.63. The van der Waals surface area contributed by atoms with E-state index in [1.54, 1.807) is 12.1 Å². The highest BCUT2D eigenvalue weighted by Gasteiger charge is 2.48. The predicted octanol–water partition coefficient (Wildman–Crippen LogP) is 2.60. The van der Waals surface area contributed by atoms with Crippen LogP contribution in [0.5, 0.6) is 0 Å². The molecule has 1 aromatic rings. The molecule has 2 aliphatic heterocycles. The van der Waals surface area contributed by atoms with Gasteiger partial charge in [0, 0.05) is 25.2 Å². The van der Waals surface area contributed by atoms with Gasteiger partial charge in [-0.25, -0.2) is 4.39 Å². The minimum absolute atomic E-state index is 0.221. The second kappa shape index (κ2) is 5.34. The molecule has 1 saturated carbocycles. The van der Waals surface area contributed by atoms with Crippen molar-refractivity contribution in [2.45, 2.75) is 56.0 Å². The van der Waals surface area contributed by atoms with Gasteiger partial charge < -0.3 is 10.2 Å². The van der Waals surface area contributed by atoms with Gasteiger partial charge >= 0.3 is 0 Å². The van der Waals surface area contributed by atoms with Crippen molar-refractivity contribution < 1.29 is 9.18 Å². The number of amides is 1. The zero-order chi connectivity index (χ0) is 15.2. The van der Waals surface area contributed by atoms with Crippen LogP contribution in [0, 0.1) is 5.82 Å². The van der Waals surface area contributed by atoms with E-state index in [0.717, 1.165) is 44.3 Å². The summed E-state index contributed by atoms with van der Waals surface area (Å²) in [6.45, 7) is 1.65. The van der Waals surface area contributed by atoms with E-state index in [1.165, 1.54) is 18.9 Å². The van der Waals surface area contributed by atoms with E-state index >= 15 is 0 Å². The fourth-order valence-electron chi connectivity index (χ4n) is 4.37. The lowest BCUT2D eigenvalue weighted by Gasteiger charge is -2.44. The second-order valence-electron chi connectivity index (χ2n) is 7.12. The molecule has 4 rings (SSSR count). The molecular weight excluding hydrogens is 279 g/mol. The number of hydrogen-bond donors (Lipinski definition) is 1. The maximum Gasteiger partial charge on any atom is 0.233 e. The summed E-state index contributed by atoms with van der Waals surface area (Å²) >= 11 is 0. The normalized spacial score (nSPS) is 29.8. The first-order valence-electron chi connectivity index (χ1n) is 8.49. The van der Waals surface area contributed by atoms with Crippen molar-refractivity contribution in [2.24, 2.45) is 0 Å². The number of halogens is 1. The van der Waals surface area contributed by atoms with E-state index in [2.05, 4.69) is 5.32 Å². The molecule has 1 aromatic carbocycles. The first-order chi connectivity index (χ1) is 10.7. The smallest absolute Gasteiger partial charge is 0.233 e. The summed E-state index contributed by atoms with van der Waals surface area (Å²) in [5.41, 5.74) is 0.400. The largest absolute Gasteiger partial charge is 0.340 e. The molecule has 22 heavy (non-hydrogen) atoms. The monoisotopic (exact) mass is 302 g/mol. The van der Waals surface area contributed by atoms with Crippen molar-refractivity contribution >= 4 is 5.91 Å². The van der Waals surface area contributed by atoms with Crippen molar-refractivity contribution in [1.29, 1.82) is 0 Å². The minimum atomic E-state index is -0.467. The van der Waals surface area contributed by atoms with Crippen molar-refractivity contribution in [3.05, 3.63) is 35.6 Å². The fraction of sp³-hybridized carbons (Fsp3) is 0.611. The SMILES string of the molecule is O=C(N1CCC2CCC(C1)N2)C1(c2cccc(F)c2)CCC1. The molecule has 1 amide bonds. The number of benzene rings is 1. The third-order valence-corrected chi connectivity index (χ3v) is 5.80. The average Bonchev–Trinajstić information content (AvgIpc) is 2.77. The number of nitrogens with one attached hydrogen (secondary N) is 1. The average molecular weight is 302 g/mol. The van der Waals surface area contributed by atoms with Crippen molar-refractivity contribution in [1.82, 2.24) is 10.2 Å². The summed E-state index contributed by atoms with van der Waals surface area (Å²) in [7, 11) is 0. The molecule has 2 bridgehead atoms. The van der Waals surface area contributed by atoms with E-state index in [4.69, 9.17) is 0 Å². The van der Waals surface area contributed by atoms with Gasteiger partial charge in [-0.3, -0.25) is 4.79 Å². The molecule has 2 heterocycles. The summed E-state index contributed by atoms with van der Waals surface area (Å²) in [5.74, 6) is -0.0214. The molecule has 3 fully saturated rings. The molecule has 2 unspecified atom stereocenters. The van der Waals surface area contributed by atoms with Gasteiger partial charge in [-0.1, -0.05) is 18.6 Å². The zero-order valence-corrected chi connectivity index (χ0v) is 12.9. The Labute approximate surface area is 130 Å². The van der Waals surface area contributed by atoms with Gasteiger partial charge in [-0.15, -0.1) is 0 Å². The van der Waals surface area contributed by atoms with E-state index < -0.39 is 5.41 Å². The number of fused-ring (bicyclic) bond motifs is 2. The summed E-state index contributed by atoms with van der Waals surface area (Å²) < 4.78 is 13.6. The Balaban J connectivity index is 1.59. The first kappa shape index (κ1) is 14.2. The standard InChI is InChI=1S/C18H23FN2O/c19-14-4-1-3-13(11-14)18(8-2-9-18)17(22)21-10-7-15-5-6-16(12-21)20-15/h1,3-4,11,15-16,20H,2,5-10,12H2. The van der Waals surface area contributed by atoms with Crippen LogP contribution in [0.1, 0.15) is 44.1 Å². The number of nitrogens with zero attached hydrogens (tertiary/aromatic N) is 1. The Kier molecular flexibility index (Phi) is 3.44. The van der Waals surface area contributed by atoms with Crippen LogP contribution in [0.25, 0.3) is 0 Å². The molecule has 118 valence electrons. The summed E-state index contributed by atoms with van der Waals surface area (Å²) in [6.07, 6.45) is 6.21. The number of carbonyl (C=O) groups excluding carboxylic acids is 1. The highest BCUT2D eigenvalue weighted by molar-refractivity contribution is 5.89. The Morgan fingerprint density at radius 3 is 2.77 bits per heavy atom. The van der Waals surface area contributed by atoms with Gasteiger partial charge in [0.05, 0.1) is 5.41 Å². The van der Waals surface area contributed by atoms with Crippen LogP contribution in [0.15, 0.2) is 24.3 Å². The molecule has 0 radical (unpaired) electrons. The maximum atomic E-state index is 13.6. The molecule has 0 aromatic heterocycles. The molecule has 0 spiro atoms. The van der Waals surface area contributed by atoms with E-state index in [9.17, 15) is 9.18 Å². The number of rotatable bonds is 2. The van der Waals surface area contributed by atoms with Gasteiger partial charge in [-0.2, -0.15) is 0 Å². The van der Waals surface area contributed by atoms with Crippen molar-refractivity contribution in [3.63, 3.8) is 0 Å². The molecular formula is C18H23FN2O. The highest BCUT2D eigenvalue weighted by Crippen LogP contribution is 2.45. The van der Waals surface area contributed by atoms with Gasteiger partial charge in [-0.05, 0) is 49.8 Å². The minimum Gasteiger partial charge on any atom is -0.340 e. The van der Waals surface area contributed by atoms with Gasteiger partial charge in [0.25, 0.3) is 0 Å². The van der Waals surface area contributed by atoms with Crippen molar-refractivity contribution in [3.8, 4) is 0 Å². The second-order valence-corrected chi connectivity index (χ2v) is 7.12. The summed E-state index contributed by atoms with van der Waals surface area (Å²) in [4.78, 5) is 15.3. The quantitative estimate of drug-likeness (QED) is 0.911. The third-order valence-electron chi connectivity index (χ3n) is 5.80. The van der Waals surface area contributed by atoms with Crippen LogP contribution >= 0.6 is 0 Å². The Hall–Kier alpha value is -1.42. The fourth-order valence-corrected chi connectivity index (χ4v) is 4.37. The van der Waals surface area contributed by atoms with Crippen LogP contribution in [-0.2, 0) is 10.2 Å². The number of carbonyl (C=O) groups is 1. The van der Waals surface area contributed by atoms with Crippen LogP contribution in [0.3, 0.4) is 0 Å². The van der Waals surface area contributed by atoms with Crippen molar-refractivity contribution in [2.75, 3.05) is 13.1 Å². The van der Waals surface area contributed by atoms with Crippen LogP contribution in [0.4, 0.5) is 4.39 Å². The van der Waals surface area contributed by atoms with E-state index in [0.29, 0.717) is 12.1 Å². The predicted molar refractivity (Wildman–Crippen MR) is 83.1 cm³/mol. The highest BCUT2D eigenvalue weighted by atomic mass is 19.1. The van der Waals surface area contributed by atoms with E-state index in [1.807, 2.05) is 11.0 Å². The zero-order valence-electron chi connectivity index (χ0n) is 12.9. The third kappa shape index (κ3) is 2.24. The van der Waals surface area contributed by atoms with Crippen LogP contribution < -0.4 is 5.32 Å². The first-order valence-corrected chi connectivity index (χ1v) is 8.49. The molecule has 3 aliphatic rings. The van der Waals surface area contributed by atoms with Crippen LogP contribution in [-0.4, -0.2) is 36.0 Å². The van der Waals surface area contributed by atoms with E-state index in [-0.39, 0.29) is 11.7 Å². The lowest BCUT2D eigenvalue weighted by molar-refractivity contribution is -0.141. The number of hydrogen-bond acceptors (Lipinski definition) is 2. The van der Waals surface area contributed by atoms with Gasteiger partial charge in [0.15, 0.2) is 0 Å². The molecule has 1 aliphatic carbocycles. The molecule has 1 N–H and O–H groups in total. The molecule has 3 nitrogen and oxygen atoms in total. The molecule has 4 heteroatoms. The number of likely N-dealkylation sites (tertiary alicyclic amines) is 1. The van der Waals surface area contributed by atoms with Gasteiger partial charge in [0.1, 0.15) is 5.82 Å². The Morgan fingerprint density at radius 2 is 2.05 bits per heavy atom. The topological polar surface area (TPSA) is 32.3 Å². The summed E-state index contributed by atoms with van der Waals surface area (Å²) in [6, 6.07) is 7.68. The van der Waals surface area contributed by atoms with Crippen LogP contribution in [0.2, 0.25) is 0 Å². The Bertz CT molecular complexity index is 584. The van der Waals surface area contributed by atoms with Gasteiger partial charge in [0.2, 0.25) is 5.91 Å². The summed E-state index contributed by atoms with van der Waals surface area (Å²) in [5, 5.41) is 3.62.